The van der Waals surface area contributed by atoms with E-state index in [1.165, 1.54) is 17.0 Å². The summed E-state index contributed by atoms with van der Waals surface area (Å²) >= 11 is 11.8. The second-order valence-electron chi connectivity index (χ2n) is 6.36. The lowest BCUT2D eigenvalue weighted by Gasteiger charge is -2.20. The van der Waals surface area contributed by atoms with Crippen LogP contribution in [0.4, 0.5) is 10.1 Å². The average Bonchev–Trinajstić information content (AvgIpc) is 2.60. The predicted molar refractivity (Wildman–Crippen MR) is 105 cm³/mol. The van der Waals surface area contributed by atoms with Gasteiger partial charge in [0, 0.05) is 18.3 Å². The SMILES string of the molecule is CN(CC(=O)Nc1ccc(Cl)c(Cl)c1)C(=O)C[NH+](C)Cc1ccc(F)cc1. The average molecular weight is 413 g/mol. The van der Waals surface area contributed by atoms with Crippen LogP contribution in [0, 0.1) is 5.82 Å². The second kappa shape index (κ2) is 9.69. The molecule has 27 heavy (non-hydrogen) atoms. The van der Waals surface area contributed by atoms with E-state index < -0.39 is 0 Å². The molecule has 0 aromatic heterocycles. The highest BCUT2D eigenvalue weighted by Crippen LogP contribution is 2.24. The Hall–Kier alpha value is -2.15. The molecule has 5 nitrogen and oxygen atoms in total. The lowest BCUT2D eigenvalue weighted by molar-refractivity contribution is -0.885. The van der Waals surface area contributed by atoms with Gasteiger partial charge in [0.1, 0.15) is 12.4 Å². The smallest absolute Gasteiger partial charge is 0.277 e. The standard InChI is InChI=1S/C19H20Cl2FN3O2/c1-24(10-13-3-5-14(22)6-4-13)12-19(27)25(2)11-18(26)23-15-7-8-16(20)17(21)9-15/h3-9H,10-12H2,1-2H3,(H,23,26)/p+1. The van der Waals surface area contributed by atoms with Crippen molar-refractivity contribution in [1.82, 2.24) is 4.90 Å². The van der Waals surface area contributed by atoms with Crippen molar-refractivity contribution in [1.29, 1.82) is 0 Å². The fraction of sp³-hybridized carbons (Fsp3) is 0.263. The maximum absolute atomic E-state index is 12.9. The van der Waals surface area contributed by atoms with Crippen LogP contribution in [0.3, 0.4) is 0 Å². The van der Waals surface area contributed by atoms with Gasteiger partial charge in [0.15, 0.2) is 6.54 Å². The summed E-state index contributed by atoms with van der Waals surface area (Å²) in [5, 5.41) is 3.41. The summed E-state index contributed by atoms with van der Waals surface area (Å²) in [5.41, 5.74) is 1.44. The van der Waals surface area contributed by atoms with Crippen molar-refractivity contribution in [3.63, 3.8) is 0 Å². The van der Waals surface area contributed by atoms with Gasteiger partial charge in [0.2, 0.25) is 5.91 Å². The molecular formula is C19H21Cl2FN3O2+. The molecular weight excluding hydrogens is 392 g/mol. The summed E-state index contributed by atoms with van der Waals surface area (Å²) in [6, 6.07) is 10.9. The summed E-state index contributed by atoms with van der Waals surface area (Å²) < 4.78 is 12.9. The van der Waals surface area contributed by atoms with Crippen LogP contribution < -0.4 is 10.2 Å². The quantitative estimate of drug-likeness (QED) is 0.732. The second-order valence-corrected chi connectivity index (χ2v) is 7.18. The number of carbonyl (C=O) groups excluding carboxylic acids is 2. The molecule has 0 aliphatic heterocycles. The number of quaternary nitrogens is 1. The van der Waals surface area contributed by atoms with Crippen LogP contribution in [0.15, 0.2) is 42.5 Å². The minimum atomic E-state index is -0.333. The number of rotatable bonds is 7. The summed E-state index contributed by atoms with van der Waals surface area (Å²) in [6.45, 7) is 0.714. The van der Waals surface area contributed by atoms with Crippen molar-refractivity contribution in [3.8, 4) is 0 Å². The Kier molecular flexibility index (Phi) is 7.59. The Morgan fingerprint density at radius 2 is 1.78 bits per heavy atom. The number of benzene rings is 2. The van der Waals surface area contributed by atoms with Gasteiger partial charge in [-0.15, -0.1) is 0 Å². The maximum atomic E-state index is 12.9. The van der Waals surface area contributed by atoms with Crippen molar-refractivity contribution < 1.29 is 18.9 Å². The van der Waals surface area contributed by atoms with Gasteiger partial charge in [0.05, 0.1) is 23.6 Å². The maximum Gasteiger partial charge on any atom is 0.277 e. The van der Waals surface area contributed by atoms with Crippen LogP contribution >= 0.6 is 23.2 Å². The summed E-state index contributed by atoms with van der Waals surface area (Å²) in [5.74, 6) is -0.792. The third-order valence-corrected chi connectivity index (χ3v) is 4.62. The van der Waals surface area contributed by atoms with E-state index in [1.54, 1.807) is 37.4 Å². The zero-order valence-electron chi connectivity index (χ0n) is 15.1. The van der Waals surface area contributed by atoms with Crippen LogP contribution in [0.5, 0.6) is 0 Å². The predicted octanol–water partition coefficient (Wildman–Crippen LogP) is 2.24. The van der Waals surface area contributed by atoms with E-state index in [0.717, 1.165) is 10.5 Å². The minimum absolute atomic E-state index is 0.0804. The Bertz CT molecular complexity index is 815. The number of likely N-dealkylation sites (N-methyl/N-ethyl adjacent to an activating group) is 2. The topological polar surface area (TPSA) is 53.9 Å². The van der Waals surface area contributed by atoms with Crippen molar-refractivity contribution >= 4 is 40.7 Å². The molecule has 0 spiro atoms. The van der Waals surface area contributed by atoms with E-state index in [-0.39, 0.29) is 30.7 Å². The molecule has 1 atom stereocenters. The third kappa shape index (κ3) is 6.82. The molecule has 2 rings (SSSR count). The fourth-order valence-corrected chi connectivity index (χ4v) is 2.78. The molecule has 0 aliphatic carbocycles. The van der Waals surface area contributed by atoms with Crippen LogP contribution in [0.2, 0.25) is 10.0 Å². The van der Waals surface area contributed by atoms with E-state index in [1.807, 2.05) is 7.05 Å². The molecule has 144 valence electrons. The van der Waals surface area contributed by atoms with E-state index in [9.17, 15) is 14.0 Å². The first-order valence-electron chi connectivity index (χ1n) is 8.29. The van der Waals surface area contributed by atoms with Gasteiger partial charge in [0.25, 0.3) is 5.91 Å². The first-order valence-corrected chi connectivity index (χ1v) is 9.05. The Morgan fingerprint density at radius 1 is 1.11 bits per heavy atom. The number of anilines is 1. The number of hydrogen-bond acceptors (Lipinski definition) is 2. The molecule has 0 saturated heterocycles. The number of amides is 2. The molecule has 2 aromatic rings. The Labute approximate surface area is 167 Å². The molecule has 0 fully saturated rings. The van der Waals surface area contributed by atoms with Crippen LogP contribution in [-0.2, 0) is 16.1 Å². The summed E-state index contributed by atoms with van der Waals surface area (Å²) in [7, 11) is 3.44. The monoisotopic (exact) mass is 412 g/mol. The van der Waals surface area contributed by atoms with Gasteiger partial charge in [-0.2, -0.15) is 0 Å². The zero-order valence-corrected chi connectivity index (χ0v) is 16.6. The lowest BCUT2D eigenvalue weighted by Crippen LogP contribution is -3.08. The first-order chi connectivity index (χ1) is 12.7. The molecule has 1 unspecified atom stereocenters. The highest BCUT2D eigenvalue weighted by atomic mass is 35.5. The number of halogens is 3. The zero-order chi connectivity index (χ0) is 20.0. The Morgan fingerprint density at radius 3 is 2.41 bits per heavy atom. The van der Waals surface area contributed by atoms with Gasteiger partial charge in [-0.1, -0.05) is 35.3 Å². The molecule has 0 aliphatic rings. The van der Waals surface area contributed by atoms with E-state index in [0.29, 0.717) is 22.3 Å². The van der Waals surface area contributed by atoms with Gasteiger partial charge in [-0.05, 0) is 30.3 Å². The molecule has 2 aromatic carbocycles. The summed E-state index contributed by atoms with van der Waals surface area (Å²) in [6.07, 6.45) is 0. The molecule has 0 heterocycles. The van der Waals surface area contributed by atoms with Gasteiger partial charge in [-0.3, -0.25) is 9.59 Å². The van der Waals surface area contributed by atoms with Crippen LogP contribution in [0.1, 0.15) is 5.56 Å². The number of nitrogens with one attached hydrogen (secondary N) is 2. The van der Waals surface area contributed by atoms with E-state index >= 15 is 0 Å². The van der Waals surface area contributed by atoms with Crippen molar-refractivity contribution in [2.24, 2.45) is 0 Å². The molecule has 0 bridgehead atoms. The molecule has 2 amide bonds. The van der Waals surface area contributed by atoms with Gasteiger partial charge >= 0.3 is 0 Å². The van der Waals surface area contributed by atoms with Crippen LogP contribution in [0.25, 0.3) is 0 Å². The van der Waals surface area contributed by atoms with E-state index in [2.05, 4.69) is 5.32 Å². The van der Waals surface area contributed by atoms with Gasteiger partial charge < -0.3 is 15.1 Å². The highest BCUT2D eigenvalue weighted by Gasteiger charge is 2.17. The van der Waals surface area contributed by atoms with Crippen molar-refractivity contribution in [3.05, 3.63) is 63.9 Å². The van der Waals surface area contributed by atoms with Crippen LogP contribution in [-0.4, -0.2) is 43.9 Å². The number of hydrogen-bond donors (Lipinski definition) is 2. The largest absolute Gasteiger partial charge is 0.332 e. The Balaban J connectivity index is 1.82. The number of nitrogens with zero attached hydrogens (tertiary/aromatic N) is 1. The highest BCUT2D eigenvalue weighted by molar-refractivity contribution is 6.42. The normalized spacial score (nSPS) is 11.7. The fourth-order valence-electron chi connectivity index (χ4n) is 2.48. The third-order valence-electron chi connectivity index (χ3n) is 3.88. The lowest BCUT2D eigenvalue weighted by atomic mass is 10.2. The molecule has 0 radical (unpaired) electrons. The number of carbonyl (C=O) groups is 2. The first kappa shape index (κ1) is 21.2. The minimum Gasteiger partial charge on any atom is -0.332 e. The van der Waals surface area contributed by atoms with Gasteiger partial charge in [-0.25, -0.2) is 4.39 Å². The van der Waals surface area contributed by atoms with Crippen molar-refractivity contribution in [2.75, 3.05) is 32.5 Å². The molecule has 0 saturated carbocycles. The molecule has 2 N–H and O–H groups in total. The summed E-state index contributed by atoms with van der Waals surface area (Å²) in [4.78, 5) is 26.7. The van der Waals surface area contributed by atoms with E-state index in [4.69, 9.17) is 23.2 Å². The van der Waals surface area contributed by atoms with Crippen molar-refractivity contribution in [2.45, 2.75) is 6.54 Å². The molecule has 8 heteroatoms.